The fourth-order valence-corrected chi connectivity index (χ4v) is 9.92. The highest BCUT2D eigenvalue weighted by Gasteiger charge is 2.39. The van der Waals surface area contributed by atoms with E-state index in [9.17, 15) is 24.9 Å². The summed E-state index contributed by atoms with van der Waals surface area (Å²) in [6.45, 7) is 9.08. The summed E-state index contributed by atoms with van der Waals surface area (Å²) in [5, 5.41) is 47.1. The van der Waals surface area contributed by atoms with E-state index in [0.717, 1.165) is 18.7 Å². The molecule has 1 saturated carbocycles. The molecule has 8 N–H and O–H groups in total. The number of nitrogens with one attached hydrogen (secondary N) is 5. The monoisotopic (exact) mass is 1110 g/mol. The zero-order chi connectivity index (χ0) is 55.0. The standard InChI is InChI=1S/C60H75N5O13S/c66-47-10-13-50-55(38-47)78-56-39-48(67)11-14-51(56)58(50)49-12-9-46(37-53(49)59(69)70)65-60(79)63-21-23-72-25-27-74-29-31-76-33-35-77-34-32-75-30-28-73-26-24-71-22-20-62-57(68)15-4-41-2-1-3-44(36-41)42-5-7-43(8-6-42)52-40-54(52)64-45-16-18-61-19-17-45/h1-3,5-14,36-39,45,52,54,58,61,64,66-67H,4,15-35,40H2,(H,62,68)(H,69,70)(H2,63,65,79)/t52-,54+/m0/s1. The highest BCUT2D eigenvalue weighted by molar-refractivity contribution is 7.80. The molecule has 18 nitrogen and oxygen atoms in total. The van der Waals surface area contributed by atoms with Gasteiger partial charge < -0.3 is 79.8 Å². The molecule has 0 bridgehead atoms. The first-order chi connectivity index (χ1) is 38.7. The number of ether oxygens (including phenoxy) is 8. The number of aromatic hydroxyl groups is 2. The second-order valence-electron chi connectivity index (χ2n) is 19.6. The molecule has 5 aromatic carbocycles. The van der Waals surface area contributed by atoms with Crippen molar-refractivity contribution in [2.24, 2.45) is 0 Å². The fourth-order valence-electron chi connectivity index (χ4n) is 9.70. The summed E-state index contributed by atoms with van der Waals surface area (Å²) in [6, 6.07) is 33.1. The number of benzene rings is 5. The SMILES string of the molecule is O=C(CCc1cccc(-c2ccc([C@@H]3C[C@H]3NC3CCNCC3)cc2)c1)NCCOCCOCCOCCOCCOCCOCCOCCNC(=S)Nc1ccc(C2c3ccc(O)cc3Oc3cc(O)ccc32)c(C(=O)O)c1. The van der Waals surface area contributed by atoms with Crippen LogP contribution in [0, 0.1) is 0 Å². The van der Waals surface area contributed by atoms with Crippen LogP contribution in [0.1, 0.15) is 75.7 Å². The third-order valence-electron chi connectivity index (χ3n) is 13.8. The van der Waals surface area contributed by atoms with Crippen LogP contribution in [-0.4, -0.2) is 163 Å². The van der Waals surface area contributed by atoms with E-state index in [1.165, 1.54) is 66.3 Å². The molecule has 8 rings (SSSR count). The molecule has 2 heterocycles. The number of aromatic carboxylic acids is 1. The van der Waals surface area contributed by atoms with Crippen LogP contribution in [0.2, 0.25) is 0 Å². The summed E-state index contributed by atoms with van der Waals surface area (Å²) in [5.41, 5.74) is 7.33. The molecule has 424 valence electrons. The Balaban J connectivity index is 0.558. The van der Waals surface area contributed by atoms with Crippen LogP contribution in [0.5, 0.6) is 23.0 Å². The summed E-state index contributed by atoms with van der Waals surface area (Å²) in [7, 11) is 0. The number of aryl methyl sites for hydroxylation is 1. The number of hydrogen-bond donors (Lipinski definition) is 8. The first kappa shape index (κ1) is 58.9. The Bertz CT molecular complexity index is 2680. The van der Waals surface area contributed by atoms with Crippen LogP contribution in [0.15, 0.2) is 103 Å². The molecule has 1 amide bonds. The number of phenolic OH excluding ortho intramolecular Hbond substituents is 2. The normalized spacial score (nSPS) is 15.9. The number of piperidine rings is 1. The molecule has 19 heteroatoms. The number of anilines is 1. The molecule has 1 aliphatic carbocycles. The first-order valence-electron chi connectivity index (χ1n) is 27.4. The number of thiocarbonyl (C=S) groups is 1. The molecule has 2 aliphatic heterocycles. The molecular weight excluding hydrogens is 1030 g/mol. The Labute approximate surface area is 467 Å². The summed E-state index contributed by atoms with van der Waals surface area (Å²) in [4.78, 5) is 25.1. The second-order valence-corrected chi connectivity index (χ2v) is 20.0. The van der Waals surface area contributed by atoms with Gasteiger partial charge in [0.2, 0.25) is 5.91 Å². The number of hydrogen-bond acceptors (Lipinski definition) is 15. The smallest absolute Gasteiger partial charge is 0.336 e. The van der Waals surface area contributed by atoms with Crippen LogP contribution in [0.25, 0.3) is 11.1 Å². The van der Waals surface area contributed by atoms with Gasteiger partial charge in [-0.3, -0.25) is 4.79 Å². The number of amides is 1. The van der Waals surface area contributed by atoms with Crippen molar-refractivity contribution in [3.8, 4) is 34.1 Å². The van der Waals surface area contributed by atoms with Gasteiger partial charge in [0.15, 0.2) is 5.11 Å². The minimum atomic E-state index is -1.13. The number of carboxylic acids is 1. The molecule has 0 unspecified atom stereocenters. The van der Waals surface area contributed by atoms with Gasteiger partial charge >= 0.3 is 5.97 Å². The molecular formula is C60H75N5O13S. The zero-order valence-electron chi connectivity index (χ0n) is 44.7. The van der Waals surface area contributed by atoms with Crippen molar-refractivity contribution in [3.05, 3.63) is 137 Å². The van der Waals surface area contributed by atoms with Crippen LogP contribution < -0.4 is 31.3 Å². The van der Waals surface area contributed by atoms with Crippen molar-refractivity contribution in [3.63, 3.8) is 0 Å². The van der Waals surface area contributed by atoms with Crippen molar-refractivity contribution in [1.82, 2.24) is 21.3 Å². The van der Waals surface area contributed by atoms with Gasteiger partial charge in [-0.25, -0.2) is 4.79 Å². The molecule has 0 radical (unpaired) electrons. The molecule has 0 aromatic heterocycles. The Morgan fingerprint density at radius 3 is 1.72 bits per heavy atom. The molecule has 2 fully saturated rings. The van der Waals surface area contributed by atoms with Crippen LogP contribution >= 0.6 is 12.2 Å². The van der Waals surface area contributed by atoms with E-state index >= 15 is 0 Å². The Hall–Kier alpha value is -6.23. The molecule has 0 spiro atoms. The quantitative estimate of drug-likeness (QED) is 0.0149. The van der Waals surface area contributed by atoms with Gasteiger partial charge in [0.1, 0.15) is 23.0 Å². The zero-order valence-corrected chi connectivity index (χ0v) is 45.5. The van der Waals surface area contributed by atoms with Gasteiger partial charge in [-0.2, -0.15) is 0 Å². The first-order valence-corrected chi connectivity index (χ1v) is 27.8. The maximum absolute atomic E-state index is 12.6. The van der Waals surface area contributed by atoms with E-state index in [1.807, 2.05) is 0 Å². The van der Waals surface area contributed by atoms with E-state index in [0.29, 0.717) is 175 Å². The highest BCUT2D eigenvalue weighted by Crippen LogP contribution is 2.50. The van der Waals surface area contributed by atoms with Gasteiger partial charge in [-0.05, 0) is 103 Å². The van der Waals surface area contributed by atoms with Crippen molar-refractivity contribution in [1.29, 1.82) is 0 Å². The maximum atomic E-state index is 12.6. The minimum Gasteiger partial charge on any atom is -0.508 e. The lowest BCUT2D eigenvalue weighted by Gasteiger charge is -2.30. The minimum absolute atomic E-state index is 0.00185. The van der Waals surface area contributed by atoms with Crippen LogP contribution in [0.3, 0.4) is 0 Å². The summed E-state index contributed by atoms with van der Waals surface area (Å²) < 4.78 is 45.1. The van der Waals surface area contributed by atoms with Crippen molar-refractivity contribution in [2.45, 2.75) is 56.0 Å². The fraction of sp³-hybridized carbons (Fsp3) is 0.450. The topological polar surface area (TPSA) is 229 Å². The lowest BCUT2D eigenvalue weighted by molar-refractivity contribution is -0.121. The number of carboxylic acid groups (broad SMARTS) is 1. The summed E-state index contributed by atoms with van der Waals surface area (Å²) in [5.74, 6) is -0.310. The van der Waals surface area contributed by atoms with E-state index in [2.05, 4.69) is 75.1 Å². The number of carbonyl (C=O) groups excluding carboxylic acids is 1. The molecule has 2 atom stereocenters. The number of rotatable bonds is 34. The van der Waals surface area contributed by atoms with Crippen molar-refractivity contribution < 1.29 is 62.8 Å². The van der Waals surface area contributed by atoms with Crippen molar-refractivity contribution in [2.75, 3.05) is 124 Å². The number of phenols is 2. The summed E-state index contributed by atoms with van der Waals surface area (Å²) in [6.07, 6.45) is 4.75. The summed E-state index contributed by atoms with van der Waals surface area (Å²) >= 11 is 5.45. The molecule has 79 heavy (non-hydrogen) atoms. The predicted molar refractivity (Wildman–Crippen MR) is 304 cm³/mol. The largest absolute Gasteiger partial charge is 0.508 e. The van der Waals surface area contributed by atoms with Gasteiger partial charge in [0, 0.05) is 72.4 Å². The lowest BCUT2D eigenvalue weighted by atomic mass is 9.80. The second kappa shape index (κ2) is 31.5. The average Bonchev–Trinajstić information content (AvgIpc) is 4.35. The third kappa shape index (κ3) is 19.0. The molecule has 3 aliphatic rings. The Kier molecular flexibility index (Phi) is 23.5. The highest BCUT2D eigenvalue weighted by atomic mass is 32.1. The predicted octanol–water partition coefficient (Wildman–Crippen LogP) is 7.10. The average molecular weight is 1110 g/mol. The molecule has 1 saturated heterocycles. The van der Waals surface area contributed by atoms with Gasteiger partial charge in [0.25, 0.3) is 0 Å². The van der Waals surface area contributed by atoms with Gasteiger partial charge in [-0.1, -0.05) is 66.7 Å². The van der Waals surface area contributed by atoms with Crippen molar-refractivity contribution >= 4 is 34.9 Å². The van der Waals surface area contributed by atoms with E-state index in [1.54, 1.807) is 24.3 Å². The number of fused-ring (bicyclic) bond motifs is 2. The number of carbonyl (C=O) groups is 2. The Morgan fingerprint density at radius 1 is 0.608 bits per heavy atom. The van der Waals surface area contributed by atoms with Crippen LogP contribution in [-0.2, 0) is 44.4 Å². The van der Waals surface area contributed by atoms with Gasteiger partial charge in [-0.15, -0.1) is 0 Å². The molecule has 5 aromatic rings. The van der Waals surface area contributed by atoms with E-state index in [4.69, 9.17) is 50.1 Å². The lowest BCUT2D eigenvalue weighted by Crippen LogP contribution is -2.41. The van der Waals surface area contributed by atoms with E-state index < -0.39 is 11.9 Å². The third-order valence-corrected chi connectivity index (χ3v) is 14.1. The van der Waals surface area contributed by atoms with E-state index in [-0.39, 0.29) is 23.0 Å². The Morgan fingerprint density at radius 2 is 1.15 bits per heavy atom. The van der Waals surface area contributed by atoms with Crippen LogP contribution in [0.4, 0.5) is 5.69 Å². The van der Waals surface area contributed by atoms with Gasteiger partial charge in [0.05, 0.1) is 98.1 Å². The maximum Gasteiger partial charge on any atom is 0.336 e.